The van der Waals surface area contributed by atoms with Crippen LogP contribution in [0.25, 0.3) is 11.0 Å². The first-order valence-corrected chi connectivity index (χ1v) is 12.4. The van der Waals surface area contributed by atoms with Gasteiger partial charge in [-0.15, -0.1) is 0 Å². The fourth-order valence-corrected chi connectivity index (χ4v) is 4.97. The minimum absolute atomic E-state index is 0.0817. The maximum absolute atomic E-state index is 9.29. The molecule has 1 fully saturated rings. The summed E-state index contributed by atoms with van der Waals surface area (Å²) in [6.45, 7) is 22.4. The van der Waals surface area contributed by atoms with Crippen LogP contribution in [0.15, 0.2) is 37.3 Å². The van der Waals surface area contributed by atoms with Gasteiger partial charge >= 0.3 is 0 Å². The zero-order valence-electron chi connectivity index (χ0n) is 21.7. The molecule has 0 atom stereocenters. The normalized spacial score (nSPS) is 16.2. The van der Waals surface area contributed by atoms with Crippen molar-refractivity contribution < 1.29 is 0 Å². The third-order valence-corrected chi connectivity index (χ3v) is 6.80. The number of nitrogens with one attached hydrogen (secondary N) is 1. The number of likely N-dealkylation sites (tertiary alicyclic amines) is 1. The summed E-state index contributed by atoms with van der Waals surface area (Å²) in [6, 6.07) is 4.24. The van der Waals surface area contributed by atoms with Gasteiger partial charge in [0.2, 0.25) is 5.82 Å². The molecule has 0 aliphatic carbocycles. The van der Waals surface area contributed by atoms with Crippen molar-refractivity contribution in [3.8, 4) is 6.07 Å². The fraction of sp³-hybridized carbons (Fsp3) is 0.593. The van der Waals surface area contributed by atoms with Gasteiger partial charge in [0.1, 0.15) is 11.7 Å². The van der Waals surface area contributed by atoms with E-state index in [1.54, 1.807) is 6.20 Å². The van der Waals surface area contributed by atoms with Crippen molar-refractivity contribution in [2.75, 3.05) is 33.2 Å². The Kier molecular flexibility index (Phi) is 8.04. The molecule has 0 amide bonds. The highest BCUT2D eigenvalue weighted by Crippen LogP contribution is 2.31. The Hall–Kier alpha value is -2.85. The average molecular weight is 464 g/mol. The summed E-state index contributed by atoms with van der Waals surface area (Å²) in [5.74, 6) is 0.213. The van der Waals surface area contributed by atoms with E-state index in [0.29, 0.717) is 0 Å². The van der Waals surface area contributed by atoms with Crippen LogP contribution in [0, 0.1) is 16.7 Å². The monoisotopic (exact) mass is 463 g/mol. The van der Waals surface area contributed by atoms with E-state index in [-0.39, 0.29) is 16.8 Å². The molecule has 0 unspecified atom stereocenters. The first kappa shape index (κ1) is 25.8. The first-order valence-electron chi connectivity index (χ1n) is 12.4. The quantitative estimate of drug-likeness (QED) is 0.566. The van der Waals surface area contributed by atoms with Gasteiger partial charge in [0.15, 0.2) is 0 Å². The Morgan fingerprint density at radius 1 is 1.35 bits per heavy atom. The molecule has 0 spiro atoms. The maximum Gasteiger partial charge on any atom is 0.234 e. The lowest BCUT2D eigenvalue weighted by molar-refractivity contribution is 0.145. The van der Waals surface area contributed by atoms with E-state index < -0.39 is 0 Å². The predicted octanol–water partition coefficient (Wildman–Crippen LogP) is 4.31. The predicted molar refractivity (Wildman–Crippen MR) is 139 cm³/mol. The van der Waals surface area contributed by atoms with Crippen molar-refractivity contribution in [1.82, 2.24) is 29.7 Å². The van der Waals surface area contributed by atoms with Gasteiger partial charge in [-0.2, -0.15) is 5.26 Å². The summed E-state index contributed by atoms with van der Waals surface area (Å²) in [6.07, 6.45) is 7.68. The molecule has 1 aliphatic heterocycles. The number of hydrogen-bond acceptors (Lipinski definition) is 6. The number of hydrogen-bond donors (Lipinski definition) is 1. The lowest BCUT2D eigenvalue weighted by Crippen LogP contribution is -2.55. The minimum atomic E-state index is -0.147. The molecule has 2 aromatic heterocycles. The summed E-state index contributed by atoms with van der Waals surface area (Å²) < 4.78 is 2.26. The summed E-state index contributed by atoms with van der Waals surface area (Å²) in [5, 5.41) is 13.8. The minimum Gasteiger partial charge on any atom is -0.380 e. The van der Waals surface area contributed by atoms with Crippen LogP contribution in [0.5, 0.6) is 0 Å². The Balaban J connectivity index is 1.79. The second kappa shape index (κ2) is 10.6. The molecular formula is C27H41N7. The van der Waals surface area contributed by atoms with E-state index in [0.717, 1.165) is 68.7 Å². The third kappa shape index (κ3) is 5.79. The van der Waals surface area contributed by atoms with Crippen LogP contribution in [0.3, 0.4) is 0 Å². The van der Waals surface area contributed by atoms with Gasteiger partial charge in [-0.05, 0) is 43.5 Å². The summed E-state index contributed by atoms with van der Waals surface area (Å²) >= 11 is 0. The van der Waals surface area contributed by atoms with E-state index >= 15 is 0 Å². The van der Waals surface area contributed by atoms with E-state index in [9.17, 15) is 5.26 Å². The highest BCUT2D eigenvalue weighted by atomic mass is 15.2. The van der Waals surface area contributed by atoms with Crippen LogP contribution in [0.1, 0.15) is 58.5 Å². The number of aromatic nitrogens is 3. The van der Waals surface area contributed by atoms with E-state index in [4.69, 9.17) is 0 Å². The topological polar surface area (TPSA) is 73.0 Å². The molecule has 184 valence electrons. The zero-order chi connectivity index (χ0) is 24.9. The second-order valence-electron chi connectivity index (χ2n) is 10.8. The van der Waals surface area contributed by atoms with Crippen LogP contribution in [-0.2, 0) is 13.0 Å². The molecule has 1 N–H and O–H groups in total. The number of nitriles is 1. The molecule has 2 aromatic rings. The number of rotatable bonds is 10. The van der Waals surface area contributed by atoms with Crippen molar-refractivity contribution in [3.63, 3.8) is 0 Å². The number of nitrogens with zero attached hydrogens (tertiary/aromatic N) is 6. The number of fused-ring (bicyclic) bond motifs is 1. The summed E-state index contributed by atoms with van der Waals surface area (Å²) in [7, 11) is 2.14. The van der Waals surface area contributed by atoms with Crippen molar-refractivity contribution in [1.29, 1.82) is 5.26 Å². The van der Waals surface area contributed by atoms with Gasteiger partial charge in [-0.25, -0.2) is 9.97 Å². The van der Waals surface area contributed by atoms with Crippen molar-refractivity contribution in [3.05, 3.63) is 48.8 Å². The van der Waals surface area contributed by atoms with Crippen LogP contribution in [0.2, 0.25) is 0 Å². The van der Waals surface area contributed by atoms with Gasteiger partial charge in [-0.3, -0.25) is 0 Å². The highest BCUT2D eigenvalue weighted by Gasteiger charge is 2.37. The van der Waals surface area contributed by atoms with Crippen molar-refractivity contribution in [2.45, 2.75) is 65.5 Å². The highest BCUT2D eigenvalue weighted by molar-refractivity contribution is 5.77. The second-order valence-corrected chi connectivity index (χ2v) is 10.8. The standard InChI is InChI=1S/C27H41N7/c1-8-13-33-15-11-27(12-16-33,30-9-2)21(3)32(7)14-10-23-17-22-19-29-24(18-28)31-25(22)34(23)20-26(4,5)6/h9,17,19,30H,2-3,8,10-16,20H2,1,4-7H3. The van der Waals surface area contributed by atoms with Crippen LogP contribution < -0.4 is 5.32 Å². The molecule has 0 bridgehead atoms. The Morgan fingerprint density at radius 2 is 2.06 bits per heavy atom. The average Bonchev–Trinajstić information content (AvgIpc) is 3.13. The summed E-state index contributed by atoms with van der Waals surface area (Å²) in [4.78, 5) is 13.5. The lowest BCUT2D eigenvalue weighted by Gasteiger charge is -2.46. The number of likely N-dealkylation sites (N-methyl/N-ethyl adjacent to an activating group) is 1. The molecule has 3 rings (SSSR count). The van der Waals surface area contributed by atoms with Gasteiger partial charge in [0.25, 0.3) is 0 Å². The molecule has 3 heterocycles. The zero-order valence-corrected chi connectivity index (χ0v) is 21.7. The molecule has 0 saturated carbocycles. The van der Waals surface area contributed by atoms with E-state index in [1.807, 2.05) is 6.20 Å². The molecule has 34 heavy (non-hydrogen) atoms. The molecule has 0 radical (unpaired) electrons. The van der Waals surface area contributed by atoms with Gasteiger partial charge in [-0.1, -0.05) is 40.9 Å². The van der Waals surface area contributed by atoms with Crippen molar-refractivity contribution >= 4 is 11.0 Å². The molecule has 7 nitrogen and oxygen atoms in total. The number of piperidine rings is 1. The fourth-order valence-electron chi connectivity index (χ4n) is 4.97. The van der Waals surface area contributed by atoms with Gasteiger partial charge < -0.3 is 19.7 Å². The maximum atomic E-state index is 9.29. The van der Waals surface area contributed by atoms with Crippen LogP contribution >= 0.6 is 0 Å². The van der Waals surface area contributed by atoms with Crippen molar-refractivity contribution in [2.24, 2.45) is 5.41 Å². The molecule has 1 saturated heterocycles. The molecule has 1 aliphatic rings. The molecule has 7 heteroatoms. The SMILES string of the molecule is C=CNC1(C(=C)N(C)CCc2cc3cnc(C#N)nc3n2CC(C)(C)C)CCN(CCC)CC1. The van der Waals surface area contributed by atoms with Gasteiger partial charge in [0.05, 0.1) is 5.54 Å². The Bertz CT molecular complexity index is 1050. The van der Waals surface area contributed by atoms with Crippen LogP contribution in [-0.4, -0.2) is 63.1 Å². The van der Waals surface area contributed by atoms with Crippen LogP contribution in [0.4, 0.5) is 0 Å². The lowest BCUT2D eigenvalue weighted by atomic mass is 9.84. The third-order valence-electron chi connectivity index (χ3n) is 6.80. The Labute approximate surface area is 205 Å². The largest absolute Gasteiger partial charge is 0.380 e. The molecule has 0 aromatic carbocycles. The van der Waals surface area contributed by atoms with Gasteiger partial charge in [0, 0.05) is 62.6 Å². The van der Waals surface area contributed by atoms with E-state index in [2.05, 4.69) is 89.7 Å². The first-order chi connectivity index (χ1) is 16.1. The summed E-state index contributed by atoms with van der Waals surface area (Å²) in [5.41, 5.74) is 3.10. The smallest absolute Gasteiger partial charge is 0.234 e. The molecular weight excluding hydrogens is 422 g/mol. The Morgan fingerprint density at radius 3 is 2.65 bits per heavy atom. The van der Waals surface area contributed by atoms with E-state index in [1.165, 1.54) is 12.1 Å².